The largest absolute Gasteiger partial charge is 0.496 e. The second-order valence-corrected chi connectivity index (χ2v) is 7.28. The van der Waals surface area contributed by atoms with Crippen LogP contribution in [-0.4, -0.2) is 32.4 Å². The Labute approximate surface area is 135 Å². The highest BCUT2D eigenvalue weighted by molar-refractivity contribution is 9.10. The van der Waals surface area contributed by atoms with Crippen molar-refractivity contribution >= 4 is 15.9 Å². The molecule has 1 heterocycles. The van der Waals surface area contributed by atoms with Gasteiger partial charge in [-0.25, -0.2) is 0 Å². The highest BCUT2D eigenvalue weighted by Gasteiger charge is 2.42. The molecule has 0 aromatic heterocycles. The van der Waals surface area contributed by atoms with Gasteiger partial charge >= 0.3 is 0 Å². The minimum absolute atomic E-state index is 0.219. The molecule has 0 amide bonds. The molecule has 2 fully saturated rings. The summed E-state index contributed by atoms with van der Waals surface area (Å²) >= 11 is 3.59. The van der Waals surface area contributed by atoms with Crippen molar-refractivity contribution in [1.29, 1.82) is 0 Å². The molecule has 1 aromatic rings. The third-order valence-corrected chi connectivity index (χ3v) is 5.54. The van der Waals surface area contributed by atoms with Crippen LogP contribution >= 0.6 is 15.9 Å². The van der Waals surface area contributed by atoms with Gasteiger partial charge in [-0.3, -0.25) is 0 Å². The van der Waals surface area contributed by atoms with Crippen LogP contribution in [0.5, 0.6) is 5.75 Å². The lowest BCUT2D eigenvalue weighted by molar-refractivity contribution is 0.0628. The fourth-order valence-corrected chi connectivity index (χ4v) is 3.80. The monoisotopic (exact) mass is 353 g/mol. The van der Waals surface area contributed by atoms with E-state index in [9.17, 15) is 0 Å². The highest BCUT2D eigenvalue weighted by atomic mass is 79.9. The Morgan fingerprint density at radius 1 is 1.43 bits per heavy atom. The SMILES string of the molecule is COc1ccc(CC2(CNC3CC3)CCOC2C)cc1Br. The number of methoxy groups -OCH3 is 1. The van der Waals surface area contributed by atoms with Gasteiger partial charge in [0.2, 0.25) is 0 Å². The number of nitrogens with one attached hydrogen (secondary N) is 1. The number of hydrogen-bond donors (Lipinski definition) is 1. The van der Waals surface area contributed by atoms with Gasteiger partial charge in [-0.15, -0.1) is 0 Å². The molecule has 1 saturated heterocycles. The van der Waals surface area contributed by atoms with E-state index in [1.165, 1.54) is 18.4 Å². The summed E-state index contributed by atoms with van der Waals surface area (Å²) in [5, 5.41) is 3.71. The molecule has 3 nitrogen and oxygen atoms in total. The van der Waals surface area contributed by atoms with Crippen molar-refractivity contribution in [2.45, 2.75) is 44.8 Å². The maximum absolute atomic E-state index is 5.89. The van der Waals surface area contributed by atoms with Gasteiger partial charge in [0.15, 0.2) is 0 Å². The van der Waals surface area contributed by atoms with Gasteiger partial charge < -0.3 is 14.8 Å². The summed E-state index contributed by atoms with van der Waals surface area (Å²) in [7, 11) is 1.70. The summed E-state index contributed by atoms with van der Waals surface area (Å²) in [5.41, 5.74) is 1.56. The normalized spacial score (nSPS) is 28.8. The van der Waals surface area contributed by atoms with Crippen molar-refractivity contribution in [2.24, 2.45) is 5.41 Å². The molecule has 4 heteroatoms. The standard InChI is InChI=1S/C17H24BrNO2/c1-12-17(7-8-21-12,11-19-14-4-5-14)10-13-3-6-16(20-2)15(18)9-13/h3,6,9,12,14,19H,4-5,7-8,10-11H2,1-2H3. The van der Waals surface area contributed by atoms with Crippen LogP contribution in [0.2, 0.25) is 0 Å². The van der Waals surface area contributed by atoms with Gasteiger partial charge in [0.25, 0.3) is 0 Å². The van der Waals surface area contributed by atoms with E-state index in [0.29, 0.717) is 6.10 Å². The first-order valence-corrected chi connectivity index (χ1v) is 8.60. The Balaban J connectivity index is 1.75. The van der Waals surface area contributed by atoms with E-state index >= 15 is 0 Å². The number of hydrogen-bond acceptors (Lipinski definition) is 3. The number of ether oxygens (including phenoxy) is 2. The van der Waals surface area contributed by atoms with Crippen molar-refractivity contribution < 1.29 is 9.47 Å². The predicted octanol–water partition coefficient (Wildman–Crippen LogP) is 3.55. The van der Waals surface area contributed by atoms with Crippen molar-refractivity contribution in [1.82, 2.24) is 5.32 Å². The van der Waals surface area contributed by atoms with Crippen LogP contribution in [0, 0.1) is 5.41 Å². The first-order valence-electron chi connectivity index (χ1n) is 7.80. The van der Waals surface area contributed by atoms with Gasteiger partial charge in [0, 0.05) is 24.6 Å². The molecule has 1 aliphatic heterocycles. The molecule has 3 rings (SSSR count). The number of halogens is 1. The van der Waals surface area contributed by atoms with Crippen molar-refractivity contribution in [3.63, 3.8) is 0 Å². The van der Waals surface area contributed by atoms with Gasteiger partial charge in [-0.05, 0) is 66.2 Å². The van der Waals surface area contributed by atoms with E-state index in [1.807, 2.05) is 6.07 Å². The molecule has 2 unspecified atom stereocenters. The Hall–Kier alpha value is -0.580. The Morgan fingerprint density at radius 2 is 2.24 bits per heavy atom. The zero-order valence-corrected chi connectivity index (χ0v) is 14.4. The van der Waals surface area contributed by atoms with Crippen LogP contribution in [-0.2, 0) is 11.2 Å². The number of rotatable bonds is 6. The summed E-state index contributed by atoms with van der Waals surface area (Å²) in [6.07, 6.45) is 5.16. The van der Waals surface area contributed by atoms with Gasteiger partial charge in [-0.2, -0.15) is 0 Å². The van der Waals surface area contributed by atoms with Crippen LogP contribution in [0.15, 0.2) is 22.7 Å². The molecular formula is C17H24BrNO2. The van der Waals surface area contributed by atoms with Crippen LogP contribution in [0.4, 0.5) is 0 Å². The Morgan fingerprint density at radius 3 is 2.81 bits per heavy atom. The van der Waals surface area contributed by atoms with E-state index in [4.69, 9.17) is 9.47 Å². The smallest absolute Gasteiger partial charge is 0.133 e. The fourth-order valence-electron chi connectivity index (χ4n) is 3.21. The molecule has 0 radical (unpaired) electrons. The Kier molecular flexibility index (Phi) is 4.57. The quantitative estimate of drug-likeness (QED) is 0.848. The molecule has 1 aromatic carbocycles. The van der Waals surface area contributed by atoms with Crippen molar-refractivity contribution in [3.05, 3.63) is 28.2 Å². The average molecular weight is 354 g/mol. The minimum Gasteiger partial charge on any atom is -0.496 e. The third-order valence-electron chi connectivity index (χ3n) is 4.92. The van der Waals surface area contributed by atoms with Gasteiger partial charge in [-0.1, -0.05) is 6.07 Å². The van der Waals surface area contributed by atoms with E-state index in [-0.39, 0.29) is 5.41 Å². The molecule has 1 aliphatic carbocycles. The van der Waals surface area contributed by atoms with Crippen molar-refractivity contribution in [3.8, 4) is 5.75 Å². The predicted molar refractivity (Wildman–Crippen MR) is 87.9 cm³/mol. The summed E-state index contributed by atoms with van der Waals surface area (Å²) in [6, 6.07) is 7.15. The first-order chi connectivity index (χ1) is 10.1. The second kappa shape index (κ2) is 6.27. The summed E-state index contributed by atoms with van der Waals surface area (Å²) in [5.74, 6) is 0.889. The Bertz CT molecular complexity index is 504. The highest BCUT2D eigenvalue weighted by Crippen LogP contribution is 2.39. The molecule has 1 saturated carbocycles. The average Bonchev–Trinajstić information content (AvgIpc) is 3.23. The fraction of sp³-hybridized carbons (Fsp3) is 0.647. The lowest BCUT2D eigenvalue weighted by atomic mass is 9.76. The summed E-state index contributed by atoms with van der Waals surface area (Å²) in [6.45, 7) is 4.16. The molecule has 1 N–H and O–H groups in total. The van der Waals surface area contributed by atoms with E-state index in [0.717, 1.165) is 42.3 Å². The van der Waals surface area contributed by atoms with Crippen LogP contribution in [0.1, 0.15) is 31.7 Å². The molecular weight excluding hydrogens is 330 g/mol. The van der Waals surface area contributed by atoms with Gasteiger partial charge in [0.1, 0.15) is 5.75 Å². The molecule has 21 heavy (non-hydrogen) atoms. The molecule has 0 spiro atoms. The minimum atomic E-state index is 0.219. The summed E-state index contributed by atoms with van der Waals surface area (Å²) in [4.78, 5) is 0. The van der Waals surface area contributed by atoms with E-state index in [1.54, 1.807) is 7.11 Å². The van der Waals surface area contributed by atoms with Crippen LogP contribution in [0.25, 0.3) is 0 Å². The lowest BCUT2D eigenvalue weighted by Gasteiger charge is -2.33. The van der Waals surface area contributed by atoms with Gasteiger partial charge in [0.05, 0.1) is 17.7 Å². The zero-order valence-electron chi connectivity index (χ0n) is 12.8. The number of benzene rings is 1. The zero-order chi connectivity index (χ0) is 14.9. The maximum atomic E-state index is 5.89. The molecule has 2 aliphatic rings. The van der Waals surface area contributed by atoms with Crippen LogP contribution < -0.4 is 10.1 Å². The molecule has 2 atom stereocenters. The maximum Gasteiger partial charge on any atom is 0.133 e. The van der Waals surface area contributed by atoms with E-state index in [2.05, 4.69) is 40.3 Å². The topological polar surface area (TPSA) is 30.5 Å². The van der Waals surface area contributed by atoms with E-state index < -0.39 is 0 Å². The third kappa shape index (κ3) is 3.43. The van der Waals surface area contributed by atoms with Crippen molar-refractivity contribution in [2.75, 3.05) is 20.3 Å². The first kappa shape index (κ1) is 15.3. The van der Waals surface area contributed by atoms with Crippen LogP contribution in [0.3, 0.4) is 0 Å². The second-order valence-electron chi connectivity index (χ2n) is 6.43. The molecule has 0 bridgehead atoms. The summed E-state index contributed by atoms with van der Waals surface area (Å²) < 4.78 is 12.2. The molecule has 116 valence electrons. The lowest BCUT2D eigenvalue weighted by Crippen LogP contribution is -2.42.